The second-order valence-electron chi connectivity index (χ2n) is 7.61. The highest BCUT2D eigenvalue weighted by molar-refractivity contribution is 6.35. The van der Waals surface area contributed by atoms with Gasteiger partial charge in [-0.25, -0.2) is 9.88 Å². The Kier molecular flexibility index (Phi) is 7.60. The molecular weight excluding hydrogens is 481 g/mol. The highest BCUT2D eigenvalue weighted by atomic mass is 35.5. The van der Waals surface area contributed by atoms with Crippen LogP contribution in [0.4, 0.5) is 11.5 Å². The lowest BCUT2D eigenvalue weighted by molar-refractivity contribution is -0.304. The van der Waals surface area contributed by atoms with Crippen LogP contribution in [0.3, 0.4) is 0 Å². The molecule has 3 N–H and O–H groups in total. The lowest BCUT2D eigenvalue weighted by Gasteiger charge is -2.33. The first kappa shape index (κ1) is 25.6. The summed E-state index contributed by atoms with van der Waals surface area (Å²) in [5.41, 5.74) is 2.15. The Bertz CT molecular complexity index is 1220. The molecule has 0 aliphatic heterocycles. The number of aromatic nitrogens is 1. The third kappa shape index (κ3) is 5.06. The zero-order chi connectivity index (χ0) is 25.2. The first-order valence-electron chi connectivity index (χ1n) is 10.2. The molecule has 0 saturated carbocycles. The van der Waals surface area contributed by atoms with Gasteiger partial charge < -0.3 is 20.2 Å². The lowest BCUT2D eigenvalue weighted by Crippen LogP contribution is -2.53. The van der Waals surface area contributed by atoms with Crippen LogP contribution in [0.15, 0.2) is 48.7 Å². The fraction of sp³-hybridized carbons (Fsp3) is 0.208. The molecule has 0 unspecified atom stereocenters. The lowest BCUT2D eigenvalue weighted by atomic mass is 10.0. The molecule has 0 aliphatic rings. The third-order valence-corrected chi connectivity index (χ3v) is 5.97. The number of nitrogens with zero attached hydrogens (tertiary/aromatic N) is 3. The van der Waals surface area contributed by atoms with E-state index in [1.165, 1.54) is 12.3 Å². The van der Waals surface area contributed by atoms with Crippen molar-refractivity contribution in [2.24, 2.45) is 0 Å². The van der Waals surface area contributed by atoms with Gasteiger partial charge in [0.25, 0.3) is 5.91 Å². The minimum atomic E-state index is -3.59. The molecular formula is C24H23Cl2N3O5. The quantitative estimate of drug-likeness (QED) is 0.331. The van der Waals surface area contributed by atoms with Crippen LogP contribution in [0.1, 0.15) is 33.2 Å². The summed E-state index contributed by atoms with van der Waals surface area (Å²) < 4.78 is 0. The van der Waals surface area contributed by atoms with Crippen molar-refractivity contribution in [2.75, 3.05) is 23.4 Å². The van der Waals surface area contributed by atoms with E-state index in [0.29, 0.717) is 45.0 Å². The predicted octanol–water partition coefficient (Wildman–Crippen LogP) is 3.87. The molecule has 0 atom stereocenters. The fourth-order valence-corrected chi connectivity index (χ4v) is 3.97. The van der Waals surface area contributed by atoms with Gasteiger partial charge in [-0.15, -0.1) is 0 Å². The van der Waals surface area contributed by atoms with E-state index in [1.807, 2.05) is 6.92 Å². The van der Waals surface area contributed by atoms with Crippen LogP contribution < -0.4 is 9.80 Å². The molecule has 178 valence electrons. The molecule has 3 aromatic rings. The molecule has 1 aromatic heterocycles. The maximum absolute atomic E-state index is 13.4. The normalized spacial score (nSPS) is 11.3. The first-order chi connectivity index (χ1) is 16.0. The second kappa shape index (κ2) is 10.1. The number of aryl methyl sites for hydroxylation is 1. The summed E-state index contributed by atoms with van der Waals surface area (Å²) >= 11 is 12.6. The fourth-order valence-electron chi connectivity index (χ4n) is 3.44. The molecule has 3 rings (SSSR count). The highest BCUT2D eigenvalue weighted by Gasteiger charge is 2.40. The molecule has 1 heterocycles. The molecule has 10 heteroatoms. The Hall–Kier alpha value is -3.01. The SMILES string of the molecule is CCN(C)c1cc(-c2cc(C=O)ccc2Cl)cnc1N(C(=O)c1c(C)cccc1Cl)C(O)(O)O. The van der Waals surface area contributed by atoms with Crippen LogP contribution >= 0.6 is 23.2 Å². The monoisotopic (exact) mass is 503 g/mol. The average Bonchev–Trinajstić information content (AvgIpc) is 2.78. The van der Waals surface area contributed by atoms with Gasteiger partial charge in [0.2, 0.25) is 0 Å². The Morgan fingerprint density at radius 1 is 1.12 bits per heavy atom. The molecule has 0 spiro atoms. The van der Waals surface area contributed by atoms with E-state index in [9.17, 15) is 24.9 Å². The molecule has 0 bridgehead atoms. The minimum absolute atomic E-state index is 0.0246. The van der Waals surface area contributed by atoms with Crippen LogP contribution in [0.5, 0.6) is 0 Å². The highest BCUT2D eigenvalue weighted by Crippen LogP contribution is 2.37. The summed E-state index contributed by atoms with van der Waals surface area (Å²) in [6.07, 6.45) is -1.55. The van der Waals surface area contributed by atoms with Crippen molar-refractivity contribution in [1.82, 2.24) is 4.98 Å². The van der Waals surface area contributed by atoms with Gasteiger partial charge in [0, 0.05) is 41.5 Å². The Balaban J connectivity index is 2.25. The topological polar surface area (TPSA) is 114 Å². The van der Waals surface area contributed by atoms with E-state index >= 15 is 0 Å². The number of hydrogen-bond donors (Lipinski definition) is 3. The van der Waals surface area contributed by atoms with Crippen LogP contribution in [0.2, 0.25) is 10.0 Å². The Morgan fingerprint density at radius 3 is 2.41 bits per heavy atom. The zero-order valence-electron chi connectivity index (χ0n) is 18.7. The second-order valence-corrected chi connectivity index (χ2v) is 8.42. The van der Waals surface area contributed by atoms with E-state index in [2.05, 4.69) is 4.98 Å². The van der Waals surface area contributed by atoms with Crippen LogP contribution in [0, 0.1) is 6.92 Å². The summed E-state index contributed by atoms with van der Waals surface area (Å²) in [4.78, 5) is 31.0. The van der Waals surface area contributed by atoms with Crippen molar-refractivity contribution in [3.05, 3.63) is 75.4 Å². The molecule has 2 aromatic carbocycles. The number of anilines is 2. The number of benzene rings is 2. The van der Waals surface area contributed by atoms with Gasteiger partial charge in [0.05, 0.1) is 16.3 Å². The number of halogens is 2. The van der Waals surface area contributed by atoms with E-state index in [4.69, 9.17) is 23.2 Å². The maximum atomic E-state index is 13.4. The molecule has 0 fully saturated rings. The minimum Gasteiger partial charge on any atom is -0.372 e. The predicted molar refractivity (Wildman–Crippen MR) is 131 cm³/mol. The van der Waals surface area contributed by atoms with Crippen molar-refractivity contribution >= 4 is 46.9 Å². The number of hydrogen-bond acceptors (Lipinski definition) is 7. The molecule has 8 nitrogen and oxygen atoms in total. The molecule has 1 amide bonds. The van der Waals surface area contributed by atoms with Crippen molar-refractivity contribution in [3.63, 3.8) is 0 Å². The number of carbonyl (C=O) groups excluding carboxylic acids is 2. The van der Waals surface area contributed by atoms with Gasteiger partial charge >= 0.3 is 6.10 Å². The van der Waals surface area contributed by atoms with Crippen LogP contribution in [-0.2, 0) is 0 Å². The number of aliphatic hydroxyl groups is 3. The molecule has 0 aliphatic carbocycles. The van der Waals surface area contributed by atoms with Crippen molar-refractivity contribution in [3.8, 4) is 11.1 Å². The van der Waals surface area contributed by atoms with Crippen LogP contribution in [-0.4, -0.2) is 52.2 Å². The smallest absolute Gasteiger partial charge is 0.372 e. The largest absolute Gasteiger partial charge is 0.377 e. The Labute approximate surface area is 206 Å². The summed E-state index contributed by atoms with van der Waals surface area (Å²) in [5, 5.41) is 31.0. The van der Waals surface area contributed by atoms with Crippen molar-refractivity contribution < 1.29 is 24.9 Å². The Morgan fingerprint density at radius 2 is 1.82 bits per heavy atom. The summed E-state index contributed by atoms with van der Waals surface area (Å²) in [6, 6.07) is 11.1. The molecule has 34 heavy (non-hydrogen) atoms. The van der Waals surface area contributed by atoms with Gasteiger partial charge in [-0.05, 0) is 43.7 Å². The number of rotatable bonds is 7. The van der Waals surface area contributed by atoms with E-state index in [0.717, 1.165) is 0 Å². The first-order valence-corrected chi connectivity index (χ1v) is 11.0. The van der Waals surface area contributed by atoms with Gasteiger partial charge in [0.15, 0.2) is 5.82 Å². The maximum Gasteiger partial charge on any atom is 0.377 e. The third-order valence-electron chi connectivity index (χ3n) is 5.32. The number of aldehydes is 1. The van der Waals surface area contributed by atoms with Crippen molar-refractivity contribution in [1.29, 1.82) is 0 Å². The zero-order valence-corrected chi connectivity index (χ0v) is 20.2. The van der Waals surface area contributed by atoms with Crippen molar-refractivity contribution in [2.45, 2.75) is 19.9 Å². The standard InChI is InChI=1S/C24H23Cl2N3O5/c1-4-28(3)20-11-16(17-10-15(13-30)8-9-18(17)25)12-27-22(20)29(24(32,33)34)23(31)21-14(2)6-5-7-19(21)26/h5-13,32-34H,4H2,1-3H3. The van der Waals surface area contributed by atoms with E-state index < -0.39 is 12.0 Å². The van der Waals surface area contributed by atoms with E-state index in [-0.39, 0.29) is 22.1 Å². The van der Waals surface area contributed by atoms with E-state index in [1.54, 1.807) is 55.3 Å². The number of amides is 1. The van der Waals surface area contributed by atoms with Crippen LogP contribution in [0.25, 0.3) is 11.1 Å². The number of pyridine rings is 1. The number of carbonyl (C=O) groups is 2. The van der Waals surface area contributed by atoms with Gasteiger partial charge in [-0.3, -0.25) is 9.59 Å². The van der Waals surface area contributed by atoms with Gasteiger partial charge in [0.1, 0.15) is 6.29 Å². The summed E-state index contributed by atoms with van der Waals surface area (Å²) in [6.45, 7) is 3.91. The van der Waals surface area contributed by atoms with Gasteiger partial charge in [-0.2, -0.15) is 0 Å². The molecule has 0 radical (unpaired) electrons. The average molecular weight is 504 g/mol. The summed E-state index contributed by atoms with van der Waals surface area (Å²) in [7, 11) is 1.70. The van der Waals surface area contributed by atoms with Gasteiger partial charge in [-0.1, -0.05) is 41.4 Å². The molecule has 0 saturated heterocycles. The summed E-state index contributed by atoms with van der Waals surface area (Å²) in [5.74, 6) is -1.20.